The van der Waals surface area contributed by atoms with Gasteiger partial charge in [-0.15, -0.1) is 0 Å². The van der Waals surface area contributed by atoms with Crippen LogP contribution in [-0.4, -0.2) is 40.3 Å². The summed E-state index contributed by atoms with van der Waals surface area (Å²) in [7, 11) is 0. The SMILES string of the molecule is Cc1cc2c(cc1Cl)[C@@H](O)CC1(CCN(C[C@@H](O)c3ccc(F)cc3)CC1)O2. The van der Waals surface area contributed by atoms with Crippen molar-refractivity contribution >= 4 is 11.6 Å². The highest BCUT2D eigenvalue weighted by Gasteiger charge is 2.43. The predicted octanol–water partition coefficient (Wildman–Crippen LogP) is 4.17. The summed E-state index contributed by atoms with van der Waals surface area (Å²) in [5.41, 5.74) is 2.02. The second-order valence-electron chi connectivity index (χ2n) is 8.01. The molecule has 0 aliphatic carbocycles. The number of hydrogen-bond acceptors (Lipinski definition) is 4. The highest BCUT2D eigenvalue weighted by molar-refractivity contribution is 6.31. The molecule has 2 aromatic carbocycles. The van der Waals surface area contributed by atoms with E-state index in [0.717, 1.165) is 42.8 Å². The fourth-order valence-electron chi connectivity index (χ4n) is 4.24. The van der Waals surface area contributed by atoms with Gasteiger partial charge in [0.2, 0.25) is 0 Å². The van der Waals surface area contributed by atoms with Crippen LogP contribution in [0.15, 0.2) is 36.4 Å². The third-order valence-corrected chi connectivity index (χ3v) is 6.40. The lowest BCUT2D eigenvalue weighted by Gasteiger charge is -2.46. The van der Waals surface area contributed by atoms with E-state index >= 15 is 0 Å². The Hall–Kier alpha value is -1.66. The number of likely N-dealkylation sites (tertiary alicyclic amines) is 1. The van der Waals surface area contributed by atoms with Gasteiger partial charge in [0, 0.05) is 36.6 Å². The second kappa shape index (κ2) is 7.64. The van der Waals surface area contributed by atoms with Crippen LogP contribution in [0.5, 0.6) is 5.75 Å². The van der Waals surface area contributed by atoms with Gasteiger partial charge in [-0.1, -0.05) is 23.7 Å². The quantitative estimate of drug-likeness (QED) is 0.804. The molecule has 2 heterocycles. The van der Waals surface area contributed by atoms with Crippen molar-refractivity contribution in [3.8, 4) is 5.75 Å². The van der Waals surface area contributed by atoms with Gasteiger partial charge >= 0.3 is 0 Å². The van der Waals surface area contributed by atoms with Crippen LogP contribution in [0, 0.1) is 12.7 Å². The van der Waals surface area contributed by atoms with Gasteiger partial charge in [0.1, 0.15) is 17.2 Å². The van der Waals surface area contributed by atoms with Crippen molar-refractivity contribution in [2.75, 3.05) is 19.6 Å². The molecule has 0 unspecified atom stereocenters. The highest BCUT2D eigenvalue weighted by atomic mass is 35.5. The highest BCUT2D eigenvalue weighted by Crippen LogP contribution is 2.45. The van der Waals surface area contributed by atoms with Crippen LogP contribution in [0.2, 0.25) is 5.02 Å². The number of fused-ring (bicyclic) bond motifs is 1. The molecule has 6 heteroatoms. The number of halogens is 2. The lowest BCUT2D eigenvalue weighted by atomic mass is 9.81. The van der Waals surface area contributed by atoms with E-state index in [2.05, 4.69) is 4.90 Å². The van der Waals surface area contributed by atoms with E-state index in [-0.39, 0.29) is 11.4 Å². The zero-order valence-electron chi connectivity index (χ0n) is 15.9. The minimum atomic E-state index is -0.655. The van der Waals surface area contributed by atoms with Crippen molar-refractivity contribution in [1.82, 2.24) is 4.90 Å². The van der Waals surface area contributed by atoms with Crippen LogP contribution in [0.25, 0.3) is 0 Å². The molecule has 1 saturated heterocycles. The summed E-state index contributed by atoms with van der Waals surface area (Å²) in [5.74, 6) is 0.418. The normalized spacial score (nSPS) is 22.5. The van der Waals surface area contributed by atoms with Crippen molar-refractivity contribution < 1.29 is 19.3 Å². The van der Waals surface area contributed by atoms with E-state index < -0.39 is 12.2 Å². The van der Waals surface area contributed by atoms with Crippen LogP contribution < -0.4 is 4.74 Å². The average molecular weight is 406 g/mol. The fourth-order valence-corrected chi connectivity index (χ4v) is 4.41. The third kappa shape index (κ3) is 3.90. The first kappa shape index (κ1) is 19.6. The zero-order chi connectivity index (χ0) is 19.9. The summed E-state index contributed by atoms with van der Waals surface area (Å²) >= 11 is 6.20. The maximum atomic E-state index is 13.1. The first-order valence-corrected chi connectivity index (χ1v) is 10.1. The number of ether oxygens (including phenoxy) is 1. The average Bonchev–Trinajstić information content (AvgIpc) is 2.66. The Morgan fingerprint density at radius 1 is 1.25 bits per heavy atom. The molecule has 2 aliphatic heterocycles. The van der Waals surface area contributed by atoms with Gasteiger partial charge in [-0.2, -0.15) is 0 Å². The first-order chi connectivity index (χ1) is 13.3. The Balaban J connectivity index is 1.41. The Morgan fingerprint density at radius 2 is 1.93 bits per heavy atom. The van der Waals surface area contributed by atoms with Gasteiger partial charge in [0.05, 0.1) is 12.2 Å². The maximum Gasteiger partial charge on any atom is 0.126 e. The topological polar surface area (TPSA) is 52.9 Å². The van der Waals surface area contributed by atoms with Gasteiger partial charge in [-0.3, -0.25) is 0 Å². The number of piperidine rings is 1. The Bertz CT molecular complexity index is 850. The molecular formula is C22H25ClFNO3. The van der Waals surface area contributed by atoms with Gasteiger partial charge in [0.15, 0.2) is 0 Å². The number of benzene rings is 2. The molecule has 0 radical (unpaired) electrons. The van der Waals surface area contributed by atoms with E-state index in [1.807, 2.05) is 13.0 Å². The van der Waals surface area contributed by atoms with Crippen LogP contribution >= 0.6 is 11.6 Å². The fraction of sp³-hybridized carbons (Fsp3) is 0.455. The second-order valence-corrected chi connectivity index (χ2v) is 8.42. The Morgan fingerprint density at radius 3 is 2.61 bits per heavy atom. The van der Waals surface area contributed by atoms with Crippen LogP contribution in [0.4, 0.5) is 4.39 Å². The molecule has 0 aromatic heterocycles. The minimum Gasteiger partial charge on any atom is -0.487 e. The number of hydrogen-bond donors (Lipinski definition) is 2. The Labute approximate surface area is 169 Å². The molecule has 1 fully saturated rings. The van der Waals surface area contributed by atoms with Crippen molar-refractivity contribution in [3.63, 3.8) is 0 Å². The Kier molecular flexibility index (Phi) is 5.36. The first-order valence-electron chi connectivity index (χ1n) is 9.68. The molecule has 0 saturated carbocycles. The van der Waals surface area contributed by atoms with E-state index in [4.69, 9.17) is 16.3 Å². The number of aliphatic hydroxyl groups excluding tert-OH is 2. The molecule has 4 rings (SSSR count). The predicted molar refractivity (Wildman–Crippen MR) is 106 cm³/mol. The molecule has 2 aromatic rings. The lowest BCUT2D eigenvalue weighted by molar-refractivity contribution is -0.0588. The smallest absolute Gasteiger partial charge is 0.126 e. The minimum absolute atomic E-state index is 0.305. The van der Waals surface area contributed by atoms with Crippen molar-refractivity contribution in [1.29, 1.82) is 0 Å². The largest absolute Gasteiger partial charge is 0.487 e. The lowest BCUT2D eigenvalue weighted by Crippen LogP contribution is -2.51. The molecule has 0 amide bonds. The molecule has 2 N–H and O–H groups in total. The summed E-state index contributed by atoms with van der Waals surface area (Å²) in [6, 6.07) is 9.69. The maximum absolute atomic E-state index is 13.1. The number of rotatable bonds is 3. The van der Waals surface area contributed by atoms with Crippen molar-refractivity contribution in [2.45, 2.75) is 44.0 Å². The summed E-state index contributed by atoms with van der Waals surface area (Å²) in [4.78, 5) is 2.19. The van der Waals surface area contributed by atoms with Gasteiger partial charge in [-0.05, 0) is 55.2 Å². The molecule has 2 aliphatic rings. The van der Waals surface area contributed by atoms with Crippen LogP contribution in [0.3, 0.4) is 0 Å². The van der Waals surface area contributed by atoms with Gasteiger partial charge in [0.25, 0.3) is 0 Å². The number of nitrogens with zero attached hydrogens (tertiary/aromatic N) is 1. The molecule has 0 bridgehead atoms. The number of aryl methyl sites for hydroxylation is 1. The third-order valence-electron chi connectivity index (χ3n) is 6.00. The number of aliphatic hydroxyl groups is 2. The standard InChI is InChI=1S/C22H25ClFNO3/c1-14-10-21-17(11-18(14)23)19(26)12-22(28-21)6-8-25(9-7-22)13-20(27)15-2-4-16(24)5-3-15/h2-5,10-11,19-20,26-27H,6-9,12-13H2,1H3/t19-,20+/m0/s1. The van der Waals surface area contributed by atoms with E-state index in [9.17, 15) is 14.6 Å². The van der Waals surface area contributed by atoms with Gasteiger partial charge < -0.3 is 19.8 Å². The monoisotopic (exact) mass is 405 g/mol. The van der Waals surface area contributed by atoms with E-state index in [1.54, 1.807) is 18.2 Å². The van der Waals surface area contributed by atoms with E-state index in [1.165, 1.54) is 12.1 Å². The summed E-state index contributed by atoms with van der Waals surface area (Å²) in [5, 5.41) is 21.7. The molecule has 150 valence electrons. The molecule has 4 nitrogen and oxygen atoms in total. The zero-order valence-corrected chi connectivity index (χ0v) is 16.6. The van der Waals surface area contributed by atoms with Gasteiger partial charge in [-0.25, -0.2) is 4.39 Å². The summed E-state index contributed by atoms with van der Waals surface area (Å²) < 4.78 is 19.4. The number of β-amino-alcohol motifs (C(OH)–C–C–N with tert-alkyl or cyclic N) is 1. The van der Waals surface area contributed by atoms with Crippen LogP contribution in [-0.2, 0) is 0 Å². The molecule has 28 heavy (non-hydrogen) atoms. The van der Waals surface area contributed by atoms with E-state index in [0.29, 0.717) is 23.6 Å². The molecule has 1 spiro atoms. The summed E-state index contributed by atoms with van der Waals surface area (Å²) in [6.07, 6.45) is 0.868. The molecule has 2 atom stereocenters. The molecular weight excluding hydrogens is 381 g/mol. The van der Waals surface area contributed by atoms with Crippen LogP contribution in [0.1, 0.15) is 48.2 Å². The van der Waals surface area contributed by atoms with Crippen molar-refractivity contribution in [3.05, 3.63) is 63.9 Å². The summed E-state index contributed by atoms with van der Waals surface area (Å²) in [6.45, 7) is 3.97. The van der Waals surface area contributed by atoms with Crippen molar-refractivity contribution in [2.24, 2.45) is 0 Å².